The van der Waals surface area contributed by atoms with Crippen LogP contribution in [0, 0.1) is 16.9 Å². The molecule has 12 heteroatoms. The van der Waals surface area contributed by atoms with Gasteiger partial charge in [0.1, 0.15) is 11.4 Å². The van der Waals surface area contributed by atoms with E-state index in [1.54, 1.807) is 13.8 Å². The normalized spacial score (nSPS) is 12.8. The van der Waals surface area contributed by atoms with Crippen LogP contribution in [0.3, 0.4) is 0 Å². The number of aromatic nitrogens is 3. The van der Waals surface area contributed by atoms with Gasteiger partial charge in [-0.1, -0.05) is 18.5 Å². The number of halogens is 5. The first-order valence-corrected chi connectivity index (χ1v) is 10.2. The second kappa shape index (κ2) is 9.66. The summed E-state index contributed by atoms with van der Waals surface area (Å²) in [7, 11) is 0. The maximum atomic E-state index is 13.5. The first kappa shape index (κ1) is 23.3. The van der Waals surface area contributed by atoms with Crippen LogP contribution in [0.4, 0.5) is 23.2 Å². The summed E-state index contributed by atoms with van der Waals surface area (Å²) in [6, 6.07) is 1.08. The van der Waals surface area contributed by atoms with E-state index < -0.39 is 24.3 Å². The molecule has 0 saturated heterocycles. The maximum absolute atomic E-state index is 13.5. The van der Waals surface area contributed by atoms with E-state index in [0.717, 1.165) is 30.2 Å². The molecule has 0 radical (unpaired) electrons. The summed E-state index contributed by atoms with van der Waals surface area (Å²) >= 11 is 7.19. The van der Waals surface area contributed by atoms with E-state index in [0.29, 0.717) is 0 Å². The Morgan fingerprint density at radius 3 is 2.72 bits per heavy atom. The molecule has 0 aliphatic heterocycles. The molecule has 2 heterocycles. The molecular weight excluding hydrogens is 436 g/mol. The summed E-state index contributed by atoms with van der Waals surface area (Å²) in [5.74, 6) is -1.55. The largest absolute Gasteiger partial charge is 0.619 e. The lowest BCUT2D eigenvalue weighted by atomic mass is 10.2. The third kappa shape index (κ3) is 6.49. The molecular formula is C17H19ClF4N4O2S. The number of hydrogen-bond acceptors (Lipinski definition) is 4. The highest BCUT2D eigenvalue weighted by atomic mass is 35.5. The van der Waals surface area contributed by atoms with Crippen molar-refractivity contribution >= 4 is 35.0 Å². The fraction of sp³-hybridized carbons (Fsp3) is 0.471. The van der Waals surface area contributed by atoms with E-state index in [9.17, 15) is 27.6 Å². The first-order chi connectivity index (χ1) is 13.5. The molecule has 2 aromatic heterocycles. The van der Waals surface area contributed by atoms with Gasteiger partial charge in [0.2, 0.25) is 18.3 Å². The molecule has 1 unspecified atom stereocenters. The zero-order chi connectivity index (χ0) is 21.8. The zero-order valence-corrected chi connectivity index (χ0v) is 17.2. The van der Waals surface area contributed by atoms with Crippen LogP contribution in [0.25, 0.3) is 5.69 Å². The lowest BCUT2D eigenvalue weighted by molar-refractivity contribution is -0.606. The molecule has 0 aliphatic carbocycles. The third-order valence-electron chi connectivity index (χ3n) is 3.90. The van der Waals surface area contributed by atoms with Gasteiger partial charge in [-0.05, 0) is 6.92 Å². The van der Waals surface area contributed by atoms with Crippen molar-refractivity contribution in [1.29, 1.82) is 0 Å². The molecule has 0 saturated carbocycles. The van der Waals surface area contributed by atoms with Crippen molar-refractivity contribution in [3.63, 3.8) is 0 Å². The van der Waals surface area contributed by atoms with Crippen molar-refractivity contribution < 1.29 is 27.1 Å². The van der Waals surface area contributed by atoms with Crippen LogP contribution in [-0.4, -0.2) is 39.9 Å². The summed E-state index contributed by atoms with van der Waals surface area (Å²) in [4.78, 5) is 14.1. The highest BCUT2D eigenvalue weighted by Crippen LogP contribution is 2.28. The second-order valence-electron chi connectivity index (χ2n) is 6.25. The first-order valence-electron chi connectivity index (χ1n) is 8.62. The van der Waals surface area contributed by atoms with E-state index in [4.69, 9.17) is 11.6 Å². The summed E-state index contributed by atoms with van der Waals surface area (Å²) < 4.78 is 51.6. The van der Waals surface area contributed by atoms with Gasteiger partial charge in [-0.15, -0.1) is 0 Å². The van der Waals surface area contributed by atoms with Gasteiger partial charge in [-0.2, -0.15) is 34.8 Å². The van der Waals surface area contributed by atoms with Gasteiger partial charge in [0.25, 0.3) is 0 Å². The molecule has 2 aromatic rings. The Morgan fingerprint density at radius 2 is 2.14 bits per heavy atom. The average molecular weight is 455 g/mol. The van der Waals surface area contributed by atoms with Crippen molar-refractivity contribution in [2.75, 3.05) is 23.0 Å². The number of anilines is 1. The SMILES string of the molecule is CCN(C(=O)C(C)CSCCC(F)(F)F)c1cn(-c2cc(F)c[n+]([O-])c2)nc1Cl. The molecule has 0 spiro atoms. The van der Waals surface area contributed by atoms with Crippen LogP contribution < -0.4 is 9.63 Å². The molecule has 6 nitrogen and oxygen atoms in total. The van der Waals surface area contributed by atoms with Crippen molar-refractivity contribution in [2.45, 2.75) is 26.4 Å². The van der Waals surface area contributed by atoms with Crippen molar-refractivity contribution in [2.24, 2.45) is 5.92 Å². The van der Waals surface area contributed by atoms with Crippen molar-refractivity contribution in [3.8, 4) is 5.69 Å². The zero-order valence-electron chi connectivity index (χ0n) is 15.6. The predicted octanol–water partition coefficient (Wildman–Crippen LogP) is 3.97. The lowest BCUT2D eigenvalue weighted by Crippen LogP contribution is -2.36. The van der Waals surface area contributed by atoms with Crippen LogP contribution >= 0.6 is 23.4 Å². The van der Waals surface area contributed by atoms with E-state index >= 15 is 0 Å². The number of rotatable bonds is 8. The van der Waals surface area contributed by atoms with E-state index in [-0.39, 0.29) is 45.2 Å². The summed E-state index contributed by atoms with van der Waals surface area (Å²) in [5, 5.41) is 15.4. The second-order valence-corrected chi connectivity index (χ2v) is 7.75. The molecule has 0 aromatic carbocycles. The van der Waals surface area contributed by atoms with Gasteiger partial charge < -0.3 is 10.1 Å². The number of carbonyl (C=O) groups is 1. The summed E-state index contributed by atoms with van der Waals surface area (Å²) in [6.45, 7) is 3.58. The fourth-order valence-electron chi connectivity index (χ4n) is 2.52. The average Bonchev–Trinajstić information content (AvgIpc) is 2.99. The Kier molecular flexibility index (Phi) is 7.75. The van der Waals surface area contributed by atoms with Gasteiger partial charge in [-0.3, -0.25) is 4.79 Å². The van der Waals surface area contributed by atoms with Gasteiger partial charge in [0, 0.05) is 30.0 Å². The molecule has 0 fully saturated rings. The molecule has 29 heavy (non-hydrogen) atoms. The van der Waals surface area contributed by atoms with Gasteiger partial charge in [0.15, 0.2) is 11.0 Å². The van der Waals surface area contributed by atoms with Crippen molar-refractivity contribution in [3.05, 3.63) is 40.8 Å². The molecule has 1 atom stereocenters. The highest BCUT2D eigenvalue weighted by Gasteiger charge is 2.28. The van der Waals surface area contributed by atoms with E-state index in [1.165, 1.54) is 15.8 Å². The summed E-state index contributed by atoms with van der Waals surface area (Å²) in [5.41, 5.74) is 0.375. The molecule has 0 aliphatic rings. The molecule has 2 rings (SSSR count). The Hall–Kier alpha value is -2.01. The minimum atomic E-state index is -4.23. The van der Waals surface area contributed by atoms with E-state index in [2.05, 4.69) is 5.10 Å². The highest BCUT2D eigenvalue weighted by molar-refractivity contribution is 7.99. The van der Waals surface area contributed by atoms with Crippen molar-refractivity contribution in [1.82, 2.24) is 9.78 Å². The van der Waals surface area contributed by atoms with Crippen LogP contribution in [-0.2, 0) is 4.79 Å². The Balaban J connectivity index is 2.12. The van der Waals surface area contributed by atoms with Gasteiger partial charge >= 0.3 is 6.18 Å². The number of amides is 1. The number of nitrogens with zero attached hydrogens (tertiary/aromatic N) is 4. The molecule has 1 amide bonds. The quantitative estimate of drug-likeness (QED) is 0.262. The number of hydrogen-bond donors (Lipinski definition) is 0. The Bertz CT molecular complexity index is 842. The van der Waals surface area contributed by atoms with Crippen LogP contribution in [0.15, 0.2) is 24.7 Å². The van der Waals surface area contributed by atoms with Crippen LogP contribution in [0.2, 0.25) is 5.15 Å². The van der Waals surface area contributed by atoms with E-state index in [1.807, 2.05) is 0 Å². The van der Waals surface area contributed by atoms with Crippen LogP contribution in [0.5, 0.6) is 0 Å². The van der Waals surface area contributed by atoms with Gasteiger partial charge in [0.05, 0.1) is 12.6 Å². The molecule has 0 N–H and O–H groups in total. The lowest BCUT2D eigenvalue weighted by Gasteiger charge is -2.23. The Morgan fingerprint density at radius 1 is 1.45 bits per heavy atom. The number of alkyl halides is 3. The minimum absolute atomic E-state index is 0.0289. The standard InChI is InChI=1S/C17H19ClF4N4O2S/c1-3-25(16(27)11(2)10-29-5-4-17(20,21)22)14-9-26(23-15(14)18)13-6-12(19)7-24(28)8-13/h6-9,11H,3-5,10H2,1-2H3. The minimum Gasteiger partial charge on any atom is -0.619 e. The molecule has 0 bridgehead atoms. The predicted molar refractivity (Wildman–Crippen MR) is 103 cm³/mol. The number of thioether (sulfide) groups is 1. The van der Waals surface area contributed by atoms with Crippen LogP contribution in [0.1, 0.15) is 20.3 Å². The Labute approximate surface area is 174 Å². The smallest absolute Gasteiger partial charge is 0.389 e. The third-order valence-corrected chi connectivity index (χ3v) is 5.40. The maximum Gasteiger partial charge on any atom is 0.389 e. The summed E-state index contributed by atoms with van der Waals surface area (Å²) in [6.07, 6.45) is -1.91. The fourth-order valence-corrected chi connectivity index (χ4v) is 3.79. The topological polar surface area (TPSA) is 65.1 Å². The van der Waals surface area contributed by atoms with Gasteiger partial charge in [-0.25, -0.2) is 9.07 Å². The monoisotopic (exact) mass is 454 g/mol. The number of pyridine rings is 1. The number of carbonyl (C=O) groups excluding carboxylic acids is 1. The molecule has 160 valence electrons.